The van der Waals surface area contributed by atoms with Crippen LogP contribution in [0.1, 0.15) is 32.6 Å². The van der Waals surface area contributed by atoms with Crippen molar-refractivity contribution in [2.45, 2.75) is 32.6 Å². The lowest BCUT2D eigenvalue weighted by Crippen LogP contribution is -2.40. The minimum atomic E-state index is -0.551. The van der Waals surface area contributed by atoms with Gasteiger partial charge in [0.1, 0.15) is 0 Å². The maximum Gasteiger partial charge on any atom is 0.262 e. The van der Waals surface area contributed by atoms with Gasteiger partial charge in [-0.15, -0.1) is 5.10 Å². The molecule has 2 aromatic rings. The quantitative estimate of drug-likeness (QED) is 0.239. The van der Waals surface area contributed by atoms with Crippen LogP contribution in [-0.2, 0) is 9.59 Å². The molecule has 1 atom stereocenters. The Morgan fingerprint density at radius 3 is 2.78 bits per heavy atom. The summed E-state index contributed by atoms with van der Waals surface area (Å²) in [6.07, 6.45) is 5.16. The highest BCUT2D eigenvalue weighted by Gasteiger charge is 2.20. The first-order valence-corrected chi connectivity index (χ1v) is 8.85. The predicted molar refractivity (Wildman–Crippen MR) is 99.2 cm³/mol. The number of nitrogens with zero attached hydrogens (tertiary/aromatic N) is 4. The fourth-order valence-corrected chi connectivity index (χ4v) is 2.54. The summed E-state index contributed by atoms with van der Waals surface area (Å²) in [6.45, 7) is 1.98. The van der Waals surface area contributed by atoms with Gasteiger partial charge in [0.2, 0.25) is 12.3 Å². The standard InChI is InChI=1S/C18H24N6O3/c1-2-3-5-10-15(12-24(27)13-25)17(26)21-23-18-20-16(11-19-22-18)14-8-6-4-7-9-14/h4,6-9,11,13,15,27H,2-3,5,10,12H2,1H3,(H,21,26)(H,20,22,23)/t15-/m1/s1. The Kier molecular flexibility index (Phi) is 8.11. The van der Waals surface area contributed by atoms with Gasteiger partial charge >= 0.3 is 0 Å². The van der Waals surface area contributed by atoms with E-state index in [1.807, 2.05) is 30.3 Å². The second-order valence-corrected chi connectivity index (χ2v) is 6.07. The summed E-state index contributed by atoms with van der Waals surface area (Å²) >= 11 is 0. The molecule has 27 heavy (non-hydrogen) atoms. The number of amides is 2. The number of carbonyl (C=O) groups is 2. The number of unbranched alkanes of at least 4 members (excludes halogenated alkanes) is 2. The zero-order chi connectivity index (χ0) is 19.5. The number of benzene rings is 1. The van der Waals surface area contributed by atoms with Gasteiger partial charge in [-0.05, 0) is 6.42 Å². The summed E-state index contributed by atoms with van der Waals surface area (Å²) in [4.78, 5) is 27.4. The molecule has 0 fully saturated rings. The van der Waals surface area contributed by atoms with Crippen LogP contribution in [0.4, 0.5) is 5.95 Å². The Morgan fingerprint density at radius 2 is 2.07 bits per heavy atom. The largest absolute Gasteiger partial charge is 0.286 e. The molecule has 0 aliphatic rings. The SMILES string of the molecule is CCCCC[C@H](CN(O)C=O)C(=O)NNc1nncc(-c2ccccc2)n1. The molecule has 2 rings (SSSR count). The second kappa shape index (κ2) is 10.8. The average Bonchev–Trinajstić information content (AvgIpc) is 2.72. The Balaban J connectivity index is 1.98. The molecule has 0 unspecified atom stereocenters. The number of aromatic nitrogens is 3. The average molecular weight is 372 g/mol. The molecule has 0 bridgehead atoms. The lowest BCUT2D eigenvalue weighted by atomic mass is 10.0. The molecule has 1 aromatic carbocycles. The van der Waals surface area contributed by atoms with Crippen molar-refractivity contribution in [3.8, 4) is 11.3 Å². The Hall–Kier alpha value is -3.07. The van der Waals surface area contributed by atoms with Crippen LogP contribution in [0.25, 0.3) is 11.3 Å². The Morgan fingerprint density at radius 1 is 1.30 bits per heavy atom. The Bertz CT molecular complexity index is 728. The third-order valence-electron chi connectivity index (χ3n) is 3.98. The summed E-state index contributed by atoms with van der Waals surface area (Å²) in [5.74, 6) is -0.765. The van der Waals surface area contributed by atoms with Crippen molar-refractivity contribution < 1.29 is 14.8 Å². The molecular formula is C18H24N6O3. The Labute approximate surface area is 157 Å². The number of rotatable bonds is 11. The van der Waals surface area contributed by atoms with E-state index in [0.29, 0.717) is 17.2 Å². The molecule has 2 amide bonds. The molecule has 0 aliphatic heterocycles. The van der Waals surface area contributed by atoms with E-state index in [2.05, 4.69) is 33.0 Å². The normalized spacial score (nSPS) is 11.5. The summed E-state index contributed by atoms with van der Waals surface area (Å²) in [6, 6.07) is 9.47. The summed E-state index contributed by atoms with van der Waals surface area (Å²) < 4.78 is 0. The van der Waals surface area contributed by atoms with E-state index < -0.39 is 5.92 Å². The minimum absolute atomic E-state index is 0.0795. The summed E-state index contributed by atoms with van der Waals surface area (Å²) in [5.41, 5.74) is 6.66. The van der Waals surface area contributed by atoms with Crippen LogP contribution in [0.5, 0.6) is 0 Å². The van der Waals surface area contributed by atoms with E-state index in [-0.39, 0.29) is 24.8 Å². The number of anilines is 1. The third-order valence-corrected chi connectivity index (χ3v) is 3.98. The summed E-state index contributed by atoms with van der Waals surface area (Å²) in [7, 11) is 0. The number of nitrogens with one attached hydrogen (secondary N) is 2. The van der Waals surface area contributed by atoms with Crippen LogP contribution in [-0.4, -0.2) is 44.3 Å². The van der Waals surface area contributed by atoms with Crippen LogP contribution >= 0.6 is 0 Å². The van der Waals surface area contributed by atoms with Crippen LogP contribution in [0.3, 0.4) is 0 Å². The van der Waals surface area contributed by atoms with E-state index in [0.717, 1.165) is 24.8 Å². The zero-order valence-corrected chi connectivity index (χ0v) is 15.2. The van der Waals surface area contributed by atoms with E-state index in [9.17, 15) is 14.8 Å². The number of hydrogen-bond donors (Lipinski definition) is 3. The zero-order valence-electron chi connectivity index (χ0n) is 15.2. The van der Waals surface area contributed by atoms with E-state index in [4.69, 9.17) is 0 Å². The van der Waals surface area contributed by atoms with E-state index >= 15 is 0 Å². The maximum absolute atomic E-state index is 12.4. The van der Waals surface area contributed by atoms with Gasteiger partial charge in [-0.2, -0.15) is 5.10 Å². The molecule has 9 heteroatoms. The van der Waals surface area contributed by atoms with Gasteiger partial charge in [-0.25, -0.2) is 10.0 Å². The lowest BCUT2D eigenvalue weighted by Gasteiger charge is -2.19. The topological polar surface area (TPSA) is 120 Å². The first-order chi connectivity index (χ1) is 13.1. The summed E-state index contributed by atoms with van der Waals surface area (Å²) in [5, 5.41) is 17.6. The van der Waals surface area contributed by atoms with Gasteiger partial charge in [0.05, 0.1) is 24.4 Å². The number of hydrogen-bond acceptors (Lipinski definition) is 7. The lowest BCUT2D eigenvalue weighted by molar-refractivity contribution is -0.154. The highest BCUT2D eigenvalue weighted by atomic mass is 16.5. The monoisotopic (exact) mass is 372 g/mol. The van der Waals surface area contributed by atoms with Gasteiger partial charge < -0.3 is 0 Å². The molecule has 3 N–H and O–H groups in total. The maximum atomic E-state index is 12.4. The van der Waals surface area contributed by atoms with Crippen LogP contribution in [0.2, 0.25) is 0 Å². The smallest absolute Gasteiger partial charge is 0.262 e. The van der Waals surface area contributed by atoms with Crippen molar-refractivity contribution in [1.82, 2.24) is 25.7 Å². The molecule has 0 spiro atoms. The van der Waals surface area contributed by atoms with Crippen molar-refractivity contribution in [1.29, 1.82) is 0 Å². The van der Waals surface area contributed by atoms with E-state index in [1.54, 1.807) is 0 Å². The predicted octanol–water partition coefficient (Wildman–Crippen LogP) is 2.03. The van der Waals surface area contributed by atoms with Crippen molar-refractivity contribution in [2.24, 2.45) is 5.92 Å². The van der Waals surface area contributed by atoms with Gasteiger partial charge in [0, 0.05) is 5.56 Å². The molecule has 9 nitrogen and oxygen atoms in total. The van der Waals surface area contributed by atoms with Crippen molar-refractivity contribution in [3.05, 3.63) is 36.5 Å². The minimum Gasteiger partial charge on any atom is -0.286 e. The fourth-order valence-electron chi connectivity index (χ4n) is 2.54. The van der Waals surface area contributed by atoms with E-state index in [1.165, 1.54) is 6.20 Å². The molecular weight excluding hydrogens is 348 g/mol. The van der Waals surface area contributed by atoms with Crippen LogP contribution in [0, 0.1) is 5.92 Å². The molecule has 0 radical (unpaired) electrons. The van der Waals surface area contributed by atoms with Gasteiger partial charge in [0.15, 0.2) is 0 Å². The van der Waals surface area contributed by atoms with Gasteiger partial charge in [0.25, 0.3) is 5.95 Å². The number of carbonyl (C=O) groups excluding carboxylic acids is 2. The van der Waals surface area contributed by atoms with Gasteiger partial charge in [-0.1, -0.05) is 56.5 Å². The number of hydrazine groups is 1. The second-order valence-electron chi connectivity index (χ2n) is 6.07. The molecule has 144 valence electrons. The molecule has 1 aromatic heterocycles. The highest BCUT2D eigenvalue weighted by molar-refractivity contribution is 5.80. The van der Waals surface area contributed by atoms with Crippen molar-refractivity contribution in [2.75, 3.05) is 12.0 Å². The van der Waals surface area contributed by atoms with Crippen LogP contribution in [0.15, 0.2) is 36.5 Å². The van der Waals surface area contributed by atoms with Crippen molar-refractivity contribution >= 4 is 18.3 Å². The first kappa shape index (κ1) is 20.2. The number of hydroxylamine groups is 2. The van der Waals surface area contributed by atoms with Gasteiger partial charge in [-0.3, -0.25) is 25.6 Å². The molecule has 1 heterocycles. The van der Waals surface area contributed by atoms with Crippen molar-refractivity contribution in [3.63, 3.8) is 0 Å². The first-order valence-electron chi connectivity index (χ1n) is 8.85. The highest BCUT2D eigenvalue weighted by Crippen LogP contribution is 2.16. The molecule has 0 saturated heterocycles. The fraction of sp³-hybridized carbons (Fsp3) is 0.389. The third kappa shape index (κ3) is 6.63. The molecule has 0 saturated carbocycles. The molecule has 0 aliphatic carbocycles. The van der Waals surface area contributed by atoms with Crippen LogP contribution < -0.4 is 10.9 Å².